The Kier molecular flexibility index (Phi) is 7.56. The molecule has 0 radical (unpaired) electrons. The minimum atomic E-state index is 0.0390. The van der Waals surface area contributed by atoms with Crippen molar-refractivity contribution in [1.82, 2.24) is 0 Å². The molecule has 4 atom stereocenters. The Balaban J connectivity index is 1.58. The number of benzene rings is 2. The summed E-state index contributed by atoms with van der Waals surface area (Å²) in [6.45, 7) is 5.48. The first kappa shape index (κ1) is 19.4. The molecule has 0 saturated carbocycles. The number of ether oxygens (including phenoxy) is 3. The molecule has 1 aliphatic heterocycles. The van der Waals surface area contributed by atoms with E-state index in [0.29, 0.717) is 13.2 Å². The fourth-order valence-electron chi connectivity index (χ4n) is 3.13. The summed E-state index contributed by atoms with van der Waals surface area (Å²) in [4.78, 5) is 0. The topological polar surface area (TPSA) is 27.7 Å². The van der Waals surface area contributed by atoms with Crippen LogP contribution in [-0.2, 0) is 27.4 Å². The van der Waals surface area contributed by atoms with Crippen molar-refractivity contribution in [2.75, 3.05) is 5.75 Å². The first-order chi connectivity index (χ1) is 12.8. The summed E-state index contributed by atoms with van der Waals surface area (Å²) in [6.07, 6.45) is 1.01. The Morgan fingerprint density at radius 1 is 0.885 bits per heavy atom. The second kappa shape index (κ2) is 10.1. The van der Waals surface area contributed by atoms with Crippen LogP contribution < -0.4 is 0 Å². The second-order valence-electron chi connectivity index (χ2n) is 6.57. The third-order valence-corrected chi connectivity index (χ3v) is 5.66. The van der Waals surface area contributed by atoms with Crippen LogP contribution >= 0.6 is 11.8 Å². The summed E-state index contributed by atoms with van der Waals surface area (Å²) in [5.74, 6) is 1.01. The van der Waals surface area contributed by atoms with E-state index in [1.165, 1.54) is 11.1 Å². The van der Waals surface area contributed by atoms with Gasteiger partial charge in [-0.1, -0.05) is 67.6 Å². The Labute approximate surface area is 161 Å². The van der Waals surface area contributed by atoms with E-state index < -0.39 is 0 Å². The van der Waals surface area contributed by atoms with Gasteiger partial charge in [0.25, 0.3) is 0 Å². The molecule has 0 N–H and O–H groups in total. The van der Waals surface area contributed by atoms with Crippen LogP contribution in [0.2, 0.25) is 0 Å². The molecule has 1 aliphatic rings. The first-order valence-electron chi connectivity index (χ1n) is 9.34. The van der Waals surface area contributed by atoms with Crippen LogP contribution in [0.25, 0.3) is 0 Å². The third kappa shape index (κ3) is 5.58. The maximum absolute atomic E-state index is 6.24. The molecule has 3 rings (SSSR count). The molecule has 0 aromatic heterocycles. The quantitative estimate of drug-likeness (QED) is 0.648. The van der Waals surface area contributed by atoms with Gasteiger partial charge in [0.2, 0.25) is 0 Å². The van der Waals surface area contributed by atoms with Gasteiger partial charge in [-0.25, -0.2) is 0 Å². The Morgan fingerprint density at radius 3 is 1.96 bits per heavy atom. The van der Waals surface area contributed by atoms with Gasteiger partial charge in [0.05, 0.1) is 31.5 Å². The van der Waals surface area contributed by atoms with Gasteiger partial charge in [-0.05, 0) is 23.8 Å². The molecule has 0 spiro atoms. The van der Waals surface area contributed by atoms with Crippen molar-refractivity contribution in [2.45, 2.75) is 57.2 Å². The first-order valence-corrected chi connectivity index (χ1v) is 10.4. The average molecular weight is 373 g/mol. The van der Waals surface area contributed by atoms with Crippen LogP contribution in [-0.4, -0.2) is 29.5 Å². The van der Waals surface area contributed by atoms with Gasteiger partial charge in [0, 0.05) is 6.42 Å². The van der Waals surface area contributed by atoms with Crippen LogP contribution in [0.4, 0.5) is 0 Å². The molecule has 0 aliphatic carbocycles. The van der Waals surface area contributed by atoms with Crippen molar-refractivity contribution in [3.05, 3.63) is 71.8 Å². The van der Waals surface area contributed by atoms with E-state index in [2.05, 4.69) is 38.1 Å². The fourth-order valence-corrected chi connectivity index (χ4v) is 4.12. The predicted octanol–water partition coefficient (Wildman–Crippen LogP) is 5.05. The molecule has 0 bridgehead atoms. The highest BCUT2D eigenvalue weighted by Gasteiger charge is 2.37. The van der Waals surface area contributed by atoms with E-state index >= 15 is 0 Å². The van der Waals surface area contributed by atoms with Crippen molar-refractivity contribution in [3.8, 4) is 0 Å². The summed E-state index contributed by atoms with van der Waals surface area (Å²) in [7, 11) is 0. The number of rotatable bonds is 8. The van der Waals surface area contributed by atoms with Crippen molar-refractivity contribution in [1.29, 1.82) is 0 Å². The van der Waals surface area contributed by atoms with Crippen LogP contribution in [0.5, 0.6) is 0 Å². The summed E-state index contributed by atoms with van der Waals surface area (Å²) in [5.41, 5.74) is 2.44. The lowest BCUT2D eigenvalue weighted by atomic mass is 10.0. The second-order valence-corrected chi connectivity index (χ2v) is 7.95. The zero-order valence-electron chi connectivity index (χ0n) is 15.5. The van der Waals surface area contributed by atoms with Crippen LogP contribution in [0.1, 0.15) is 31.4 Å². The van der Waals surface area contributed by atoms with E-state index in [-0.39, 0.29) is 23.7 Å². The molecular weight excluding hydrogens is 344 g/mol. The largest absolute Gasteiger partial charge is 0.371 e. The van der Waals surface area contributed by atoms with Gasteiger partial charge in [0.15, 0.2) is 0 Å². The minimum absolute atomic E-state index is 0.0390. The van der Waals surface area contributed by atoms with Crippen LogP contribution in [0.15, 0.2) is 60.7 Å². The molecule has 2 aromatic rings. The fraction of sp³-hybridized carbons (Fsp3) is 0.455. The van der Waals surface area contributed by atoms with Gasteiger partial charge in [0.1, 0.15) is 5.44 Å². The highest BCUT2D eigenvalue weighted by Crippen LogP contribution is 2.32. The van der Waals surface area contributed by atoms with Gasteiger partial charge in [-0.2, -0.15) is 0 Å². The molecule has 1 saturated heterocycles. The van der Waals surface area contributed by atoms with Crippen molar-refractivity contribution in [3.63, 3.8) is 0 Å². The molecule has 0 amide bonds. The van der Waals surface area contributed by atoms with Gasteiger partial charge >= 0.3 is 0 Å². The van der Waals surface area contributed by atoms with Crippen molar-refractivity contribution >= 4 is 11.8 Å². The van der Waals surface area contributed by atoms with Crippen molar-refractivity contribution < 1.29 is 14.2 Å². The Hall–Kier alpha value is -1.33. The zero-order chi connectivity index (χ0) is 18.2. The zero-order valence-corrected chi connectivity index (χ0v) is 16.4. The lowest BCUT2D eigenvalue weighted by Gasteiger charge is -2.39. The molecule has 1 heterocycles. The molecule has 2 aromatic carbocycles. The van der Waals surface area contributed by atoms with E-state index in [4.69, 9.17) is 14.2 Å². The SMILES string of the molecule is CCS[C@@H]1O[C@H](C)[C@H](OCc2ccccc2)C[C@H]1OCc1ccccc1. The maximum atomic E-state index is 6.24. The standard InChI is InChI=1S/C22H28O3S/c1-3-26-22-21(24-16-19-12-8-5-9-13-19)14-20(17(2)25-22)23-15-18-10-6-4-7-11-18/h4-13,17,20-22H,3,14-16H2,1-2H3/t17-,20-,21-,22+/m1/s1. The van der Waals surface area contributed by atoms with E-state index in [9.17, 15) is 0 Å². The van der Waals surface area contributed by atoms with Gasteiger partial charge in [-0.15, -0.1) is 11.8 Å². The lowest BCUT2D eigenvalue weighted by molar-refractivity contribution is -0.171. The summed E-state index contributed by atoms with van der Waals surface area (Å²) >= 11 is 1.81. The monoisotopic (exact) mass is 372 g/mol. The predicted molar refractivity (Wildman–Crippen MR) is 107 cm³/mol. The molecule has 0 unspecified atom stereocenters. The molecule has 140 valence electrons. The normalized spacial score (nSPS) is 25.9. The van der Waals surface area contributed by atoms with Gasteiger partial charge in [-0.3, -0.25) is 0 Å². The maximum Gasteiger partial charge on any atom is 0.129 e. The van der Waals surface area contributed by atoms with Crippen LogP contribution in [0.3, 0.4) is 0 Å². The third-order valence-electron chi connectivity index (χ3n) is 4.59. The van der Waals surface area contributed by atoms with E-state index in [0.717, 1.165) is 12.2 Å². The van der Waals surface area contributed by atoms with Crippen molar-refractivity contribution in [2.24, 2.45) is 0 Å². The number of hydrogen-bond donors (Lipinski definition) is 0. The highest BCUT2D eigenvalue weighted by molar-refractivity contribution is 7.99. The molecule has 3 nitrogen and oxygen atoms in total. The van der Waals surface area contributed by atoms with E-state index in [1.54, 1.807) is 0 Å². The van der Waals surface area contributed by atoms with Crippen LogP contribution in [0, 0.1) is 0 Å². The number of hydrogen-bond acceptors (Lipinski definition) is 4. The molecule has 1 fully saturated rings. The smallest absolute Gasteiger partial charge is 0.129 e. The van der Waals surface area contributed by atoms with Gasteiger partial charge < -0.3 is 14.2 Å². The molecule has 26 heavy (non-hydrogen) atoms. The lowest BCUT2D eigenvalue weighted by Crippen LogP contribution is -2.46. The average Bonchev–Trinajstić information content (AvgIpc) is 2.68. The molecule has 4 heteroatoms. The number of thioether (sulfide) groups is 1. The molecular formula is C22H28O3S. The highest BCUT2D eigenvalue weighted by atomic mass is 32.2. The summed E-state index contributed by atoms with van der Waals surface area (Å²) in [6, 6.07) is 20.6. The summed E-state index contributed by atoms with van der Waals surface area (Å²) < 4.78 is 18.7. The minimum Gasteiger partial charge on any atom is -0.371 e. The Morgan fingerprint density at radius 2 is 1.42 bits per heavy atom. The summed E-state index contributed by atoms with van der Waals surface area (Å²) in [5, 5.41) is 0. The van der Waals surface area contributed by atoms with E-state index in [1.807, 2.05) is 48.2 Å². The Bertz CT molecular complexity index is 634.